The van der Waals surface area contributed by atoms with E-state index >= 15 is 0 Å². The number of methoxy groups -OCH3 is 1. The Balaban J connectivity index is 2.25. The Labute approximate surface area is 55.9 Å². The van der Waals surface area contributed by atoms with Crippen LogP contribution in [0.1, 0.15) is 19.8 Å². The van der Waals surface area contributed by atoms with Crippen molar-refractivity contribution in [3.8, 4) is 0 Å². The molecule has 0 heterocycles. The van der Waals surface area contributed by atoms with Crippen LogP contribution in [0.5, 0.6) is 0 Å². The van der Waals surface area contributed by atoms with Crippen LogP contribution in [0, 0.1) is 0 Å². The lowest BCUT2D eigenvalue weighted by Crippen LogP contribution is -2.27. The van der Waals surface area contributed by atoms with Crippen molar-refractivity contribution in [1.82, 2.24) is 5.32 Å². The van der Waals surface area contributed by atoms with E-state index in [1.165, 1.54) is 12.8 Å². The van der Waals surface area contributed by atoms with E-state index in [2.05, 4.69) is 18.8 Å². The highest BCUT2D eigenvalue weighted by Crippen LogP contribution is 2.34. The van der Waals surface area contributed by atoms with Crippen molar-refractivity contribution in [2.75, 3.05) is 7.11 Å². The van der Waals surface area contributed by atoms with Gasteiger partial charge < -0.3 is 10.1 Å². The first-order valence-corrected chi connectivity index (χ1v) is 3.17. The Hall–Kier alpha value is -0.660. The molecule has 9 heavy (non-hydrogen) atoms. The van der Waals surface area contributed by atoms with Gasteiger partial charge in [-0.2, -0.15) is 0 Å². The molecule has 1 N–H and O–H groups in total. The van der Waals surface area contributed by atoms with Crippen molar-refractivity contribution < 1.29 is 4.74 Å². The molecule has 0 aromatic heterocycles. The van der Waals surface area contributed by atoms with E-state index in [4.69, 9.17) is 4.74 Å². The molecule has 0 aliphatic heterocycles. The summed E-state index contributed by atoms with van der Waals surface area (Å²) in [6.07, 6.45) is 2.46. The molecule has 0 unspecified atom stereocenters. The first-order valence-electron chi connectivity index (χ1n) is 3.17. The number of rotatable bonds is 3. The Kier molecular flexibility index (Phi) is 1.39. The van der Waals surface area contributed by atoms with Crippen LogP contribution in [0.2, 0.25) is 0 Å². The SMILES string of the molecule is C=C(NC1(C)CC1)OC. The summed E-state index contributed by atoms with van der Waals surface area (Å²) < 4.78 is 4.86. The van der Waals surface area contributed by atoms with Crippen molar-refractivity contribution in [1.29, 1.82) is 0 Å². The molecule has 1 rings (SSSR count). The maximum Gasteiger partial charge on any atom is 0.179 e. The number of hydrogen-bond acceptors (Lipinski definition) is 2. The van der Waals surface area contributed by atoms with Gasteiger partial charge in [-0.1, -0.05) is 0 Å². The largest absolute Gasteiger partial charge is 0.483 e. The van der Waals surface area contributed by atoms with E-state index in [9.17, 15) is 0 Å². The smallest absolute Gasteiger partial charge is 0.179 e. The van der Waals surface area contributed by atoms with Crippen LogP contribution in [0.3, 0.4) is 0 Å². The molecule has 0 aromatic rings. The predicted octanol–water partition coefficient (Wildman–Crippen LogP) is 1.25. The lowest BCUT2D eigenvalue weighted by atomic mass is 10.3. The van der Waals surface area contributed by atoms with E-state index in [0.29, 0.717) is 11.4 Å². The van der Waals surface area contributed by atoms with Gasteiger partial charge in [0, 0.05) is 5.54 Å². The van der Waals surface area contributed by atoms with Crippen LogP contribution in [-0.2, 0) is 4.74 Å². The minimum absolute atomic E-state index is 0.299. The summed E-state index contributed by atoms with van der Waals surface area (Å²) in [5, 5.41) is 3.16. The van der Waals surface area contributed by atoms with Crippen molar-refractivity contribution in [3.63, 3.8) is 0 Å². The molecule has 0 saturated heterocycles. The molecule has 0 aromatic carbocycles. The second kappa shape index (κ2) is 1.94. The van der Waals surface area contributed by atoms with Crippen molar-refractivity contribution >= 4 is 0 Å². The number of nitrogens with one attached hydrogen (secondary N) is 1. The standard InChI is InChI=1S/C7H13NO/c1-6(9-3)8-7(2)4-5-7/h8H,1,4-5H2,2-3H3. The first kappa shape index (κ1) is 6.46. The lowest BCUT2D eigenvalue weighted by molar-refractivity contribution is 0.250. The van der Waals surface area contributed by atoms with Gasteiger partial charge in [0.2, 0.25) is 0 Å². The van der Waals surface area contributed by atoms with Gasteiger partial charge in [0.05, 0.1) is 7.11 Å². The third-order valence-corrected chi connectivity index (χ3v) is 1.69. The lowest BCUT2D eigenvalue weighted by Gasteiger charge is -2.13. The Bertz CT molecular complexity index is 127. The van der Waals surface area contributed by atoms with E-state index < -0.39 is 0 Å². The van der Waals surface area contributed by atoms with E-state index in [0.717, 1.165) is 0 Å². The highest BCUT2D eigenvalue weighted by atomic mass is 16.5. The molecule has 0 bridgehead atoms. The summed E-state index contributed by atoms with van der Waals surface area (Å²) in [5.41, 5.74) is 0.299. The molecule has 0 amide bonds. The molecule has 1 aliphatic carbocycles. The minimum Gasteiger partial charge on any atom is -0.483 e. The highest BCUT2D eigenvalue weighted by Gasteiger charge is 2.37. The minimum atomic E-state index is 0.299. The van der Waals surface area contributed by atoms with Gasteiger partial charge in [-0.05, 0) is 26.3 Å². The number of hydrogen-bond donors (Lipinski definition) is 1. The molecule has 1 saturated carbocycles. The zero-order valence-electron chi connectivity index (χ0n) is 6.03. The highest BCUT2D eigenvalue weighted by molar-refractivity contribution is 5.03. The molecule has 1 fully saturated rings. The summed E-state index contributed by atoms with van der Waals surface area (Å²) >= 11 is 0. The third kappa shape index (κ3) is 1.63. The molecule has 0 spiro atoms. The molecule has 0 atom stereocenters. The Morgan fingerprint density at radius 2 is 2.22 bits per heavy atom. The van der Waals surface area contributed by atoms with Gasteiger partial charge in [-0.25, -0.2) is 0 Å². The second-order valence-corrected chi connectivity index (χ2v) is 2.81. The van der Waals surface area contributed by atoms with Crippen molar-refractivity contribution in [2.45, 2.75) is 25.3 Å². The maximum atomic E-state index is 4.86. The summed E-state index contributed by atoms with van der Waals surface area (Å²) in [6, 6.07) is 0. The fourth-order valence-corrected chi connectivity index (χ4v) is 0.700. The third-order valence-electron chi connectivity index (χ3n) is 1.69. The molecule has 1 aliphatic rings. The Morgan fingerprint density at radius 1 is 1.67 bits per heavy atom. The second-order valence-electron chi connectivity index (χ2n) is 2.81. The molecular formula is C7H13NO. The van der Waals surface area contributed by atoms with Gasteiger partial charge >= 0.3 is 0 Å². The van der Waals surface area contributed by atoms with Crippen molar-refractivity contribution in [3.05, 3.63) is 12.5 Å². The van der Waals surface area contributed by atoms with E-state index in [1.54, 1.807) is 7.11 Å². The summed E-state index contributed by atoms with van der Waals surface area (Å²) in [5.74, 6) is 0.676. The van der Waals surface area contributed by atoms with E-state index in [1.807, 2.05) is 0 Å². The molecule has 2 heteroatoms. The number of ether oxygens (including phenoxy) is 1. The van der Waals surface area contributed by atoms with Crippen molar-refractivity contribution in [2.24, 2.45) is 0 Å². The summed E-state index contributed by atoms with van der Waals surface area (Å²) in [4.78, 5) is 0. The fourth-order valence-electron chi connectivity index (χ4n) is 0.700. The fraction of sp³-hybridized carbons (Fsp3) is 0.714. The van der Waals surface area contributed by atoms with E-state index in [-0.39, 0.29) is 0 Å². The van der Waals surface area contributed by atoms with Crippen LogP contribution in [-0.4, -0.2) is 12.6 Å². The van der Waals surface area contributed by atoms with Crippen LogP contribution < -0.4 is 5.32 Å². The van der Waals surface area contributed by atoms with Crippen LogP contribution in [0.25, 0.3) is 0 Å². The van der Waals surface area contributed by atoms with Gasteiger partial charge in [-0.15, -0.1) is 0 Å². The zero-order valence-corrected chi connectivity index (χ0v) is 6.03. The Morgan fingerprint density at radius 3 is 2.56 bits per heavy atom. The van der Waals surface area contributed by atoms with Crippen LogP contribution in [0.15, 0.2) is 12.5 Å². The van der Waals surface area contributed by atoms with Crippen LogP contribution in [0.4, 0.5) is 0 Å². The van der Waals surface area contributed by atoms with Gasteiger partial charge in [0.25, 0.3) is 0 Å². The topological polar surface area (TPSA) is 21.3 Å². The quantitative estimate of drug-likeness (QED) is 0.576. The zero-order chi connectivity index (χ0) is 6.91. The summed E-state index contributed by atoms with van der Waals surface area (Å²) in [6.45, 7) is 5.83. The first-order chi connectivity index (χ1) is 4.16. The van der Waals surface area contributed by atoms with Gasteiger partial charge in [0.15, 0.2) is 5.88 Å². The van der Waals surface area contributed by atoms with Gasteiger partial charge in [-0.3, -0.25) is 0 Å². The average molecular weight is 127 g/mol. The molecule has 0 radical (unpaired) electrons. The molecule has 52 valence electrons. The predicted molar refractivity (Wildman–Crippen MR) is 36.9 cm³/mol. The summed E-state index contributed by atoms with van der Waals surface area (Å²) in [7, 11) is 1.63. The van der Waals surface area contributed by atoms with Crippen LogP contribution >= 0.6 is 0 Å². The monoisotopic (exact) mass is 127 g/mol. The molecular weight excluding hydrogens is 114 g/mol. The average Bonchev–Trinajstić information content (AvgIpc) is 2.48. The van der Waals surface area contributed by atoms with Gasteiger partial charge in [0.1, 0.15) is 0 Å². The molecule has 2 nitrogen and oxygen atoms in total. The normalized spacial score (nSPS) is 20.7. The maximum absolute atomic E-state index is 4.86.